The maximum Gasteiger partial charge on any atom is 0.511 e. The molecule has 0 saturated carbocycles. The molecule has 0 fully saturated rings. The van der Waals surface area contributed by atoms with Crippen LogP contribution >= 0.6 is 0 Å². The van der Waals surface area contributed by atoms with Gasteiger partial charge < -0.3 is 14.4 Å². The highest BCUT2D eigenvalue weighted by molar-refractivity contribution is 7.90. The monoisotopic (exact) mass is 468 g/mol. The van der Waals surface area contributed by atoms with Crippen molar-refractivity contribution in [1.29, 1.82) is 0 Å². The number of aliphatic hydroxyl groups is 1. The summed E-state index contributed by atoms with van der Waals surface area (Å²) in [6.07, 6.45) is 0.899. The molecule has 0 saturated heterocycles. The number of rotatable bonds is 9. The third kappa shape index (κ3) is 4.67. The van der Waals surface area contributed by atoms with Gasteiger partial charge in [-0.2, -0.15) is 17.5 Å². The Morgan fingerprint density at radius 1 is 1.16 bits per heavy atom. The van der Waals surface area contributed by atoms with Gasteiger partial charge in [0.15, 0.2) is 0 Å². The van der Waals surface area contributed by atoms with Crippen LogP contribution in [0.4, 0.5) is 13.2 Å². The van der Waals surface area contributed by atoms with Crippen LogP contribution in [0.5, 0.6) is 0 Å². The summed E-state index contributed by atoms with van der Waals surface area (Å²) < 4.78 is 71.0. The van der Waals surface area contributed by atoms with Gasteiger partial charge in [-0.1, -0.05) is 43.0 Å². The number of ether oxygens (including phenoxy) is 1. The van der Waals surface area contributed by atoms with Gasteiger partial charge in [0.1, 0.15) is 5.76 Å². The minimum absolute atomic E-state index is 0.0445. The lowest BCUT2D eigenvalue weighted by molar-refractivity contribution is -0.0498. The minimum atomic E-state index is -5.71. The van der Waals surface area contributed by atoms with Crippen LogP contribution in [-0.4, -0.2) is 47.1 Å². The Morgan fingerprint density at radius 2 is 1.69 bits per heavy atom. The second-order valence-electron chi connectivity index (χ2n) is 7.08. The Labute approximate surface area is 183 Å². The van der Waals surface area contributed by atoms with Gasteiger partial charge in [0.25, 0.3) is 0 Å². The van der Waals surface area contributed by atoms with Gasteiger partial charge in [-0.25, -0.2) is 8.42 Å². The van der Waals surface area contributed by atoms with Crippen molar-refractivity contribution in [3.8, 4) is 0 Å². The van der Waals surface area contributed by atoms with Crippen LogP contribution < -0.4 is 0 Å². The smallest absolute Gasteiger partial charge is 0.469 e. The van der Waals surface area contributed by atoms with Gasteiger partial charge in [-0.05, 0) is 25.1 Å². The van der Waals surface area contributed by atoms with Gasteiger partial charge in [0.2, 0.25) is 0 Å². The summed E-state index contributed by atoms with van der Waals surface area (Å²) in [7, 11) is -5.71. The van der Waals surface area contributed by atoms with Crippen molar-refractivity contribution < 1.29 is 31.4 Å². The number of halogens is 3. The summed E-state index contributed by atoms with van der Waals surface area (Å²) in [6, 6.07) is 14.9. The molecular weight excluding hydrogens is 445 g/mol. The number of nitrogens with zero attached hydrogens (tertiary/aromatic N) is 2. The number of hydrogen-bond donors (Lipinski definition) is 1. The van der Waals surface area contributed by atoms with Crippen molar-refractivity contribution in [3.05, 3.63) is 73.2 Å². The van der Waals surface area contributed by atoms with Crippen molar-refractivity contribution in [2.45, 2.75) is 25.1 Å². The first kappa shape index (κ1) is 23.8. The van der Waals surface area contributed by atoms with E-state index in [0.29, 0.717) is 0 Å². The molecule has 0 spiro atoms. The maximum absolute atomic E-state index is 13.3. The number of allylic oxidation sites excluding steroid dienone is 1. The van der Waals surface area contributed by atoms with Gasteiger partial charge in [-0.15, -0.1) is 0 Å². The van der Waals surface area contributed by atoms with Gasteiger partial charge in [0.05, 0.1) is 25.5 Å². The van der Waals surface area contributed by atoms with Crippen molar-refractivity contribution >= 4 is 31.8 Å². The highest BCUT2D eigenvalue weighted by atomic mass is 32.2. The molecule has 32 heavy (non-hydrogen) atoms. The van der Waals surface area contributed by atoms with Crippen LogP contribution in [0.2, 0.25) is 0 Å². The lowest BCUT2D eigenvalue weighted by atomic mass is 10.2. The summed E-state index contributed by atoms with van der Waals surface area (Å²) in [6.45, 7) is 3.24. The third-order valence-corrected chi connectivity index (χ3v) is 6.55. The molecule has 0 aliphatic carbocycles. The molecule has 172 valence electrons. The fraction of sp³-hybridized carbons (Fsp3) is 0.273. The lowest BCUT2D eigenvalue weighted by Crippen LogP contribution is -2.46. The predicted molar refractivity (Wildman–Crippen MR) is 117 cm³/mol. The van der Waals surface area contributed by atoms with E-state index in [1.807, 2.05) is 48.5 Å². The minimum Gasteiger partial charge on any atom is -0.469 e. The van der Waals surface area contributed by atoms with E-state index in [1.165, 1.54) is 13.0 Å². The summed E-state index contributed by atoms with van der Waals surface area (Å²) >= 11 is 0. The highest BCUT2D eigenvalue weighted by Gasteiger charge is 2.50. The zero-order chi connectivity index (χ0) is 23.5. The first-order chi connectivity index (χ1) is 15.1. The maximum atomic E-state index is 13.3. The Bertz CT molecular complexity index is 1200. The summed E-state index contributed by atoms with van der Waals surface area (Å²) in [5.74, 6) is -0.0445. The van der Waals surface area contributed by atoms with Crippen molar-refractivity contribution in [2.24, 2.45) is 0 Å². The van der Waals surface area contributed by atoms with Crippen LogP contribution in [0.1, 0.15) is 6.92 Å². The molecule has 1 atom stereocenters. The molecule has 3 rings (SSSR count). The Balaban J connectivity index is 1.95. The number of alkyl halides is 3. The molecule has 0 aliphatic rings. The number of fused-ring (bicyclic) bond motifs is 3. The molecule has 0 radical (unpaired) electrons. The molecule has 0 aliphatic heterocycles. The van der Waals surface area contributed by atoms with Crippen LogP contribution in [-0.2, 0) is 21.3 Å². The molecule has 6 nitrogen and oxygen atoms in total. The number of aliphatic hydroxyl groups excluding tert-OH is 1. The zero-order valence-corrected chi connectivity index (χ0v) is 18.1. The molecule has 1 unspecified atom stereocenters. The first-order valence-electron chi connectivity index (χ1n) is 9.73. The fourth-order valence-corrected chi connectivity index (χ4v) is 4.53. The number of hydrogen-bond acceptors (Lipinski definition) is 4. The van der Waals surface area contributed by atoms with Gasteiger partial charge in [0, 0.05) is 28.4 Å². The number of benzene rings is 2. The van der Waals surface area contributed by atoms with Gasteiger partial charge in [-0.3, -0.25) is 0 Å². The Morgan fingerprint density at radius 3 is 2.16 bits per heavy atom. The van der Waals surface area contributed by atoms with Crippen LogP contribution in [0, 0.1) is 0 Å². The normalized spacial score (nSPS) is 14.2. The predicted octanol–water partition coefficient (Wildman–Crippen LogP) is 4.37. The fourth-order valence-electron chi connectivity index (χ4n) is 3.58. The highest BCUT2D eigenvalue weighted by Crippen LogP contribution is 2.30. The molecule has 0 bridgehead atoms. The Kier molecular flexibility index (Phi) is 6.97. The molecule has 1 aromatic heterocycles. The lowest BCUT2D eigenvalue weighted by Gasteiger charge is -2.26. The second kappa shape index (κ2) is 9.35. The number of para-hydroxylation sites is 2. The standard InChI is InChI=1S/C22H23F3N2O4S/c1-3-17(31-4-2)15-26(32(29,30)22(23,24)25)13-16(28)14-27-20-11-7-5-9-18(20)19-10-6-8-12-21(19)27/h3-12,16,28H,2,13-15H2,1H3/b17-3-. The molecular formula is C22H23F3N2O4S. The van der Waals surface area contributed by atoms with Gasteiger partial charge >= 0.3 is 15.5 Å². The van der Waals surface area contributed by atoms with Crippen LogP contribution in [0.15, 0.2) is 73.2 Å². The number of aromatic nitrogens is 1. The SMILES string of the molecule is C=CO/C(=C\C)CN(CC(O)Cn1c2ccccc2c2ccccc21)S(=O)(=O)C(F)(F)F. The van der Waals surface area contributed by atoms with E-state index in [1.54, 1.807) is 4.57 Å². The van der Waals surface area contributed by atoms with Crippen LogP contribution in [0.3, 0.4) is 0 Å². The van der Waals surface area contributed by atoms with E-state index in [9.17, 15) is 26.7 Å². The quantitative estimate of drug-likeness (QED) is 0.474. The summed E-state index contributed by atoms with van der Waals surface area (Å²) in [4.78, 5) is 0. The topological polar surface area (TPSA) is 71.8 Å². The average molecular weight is 468 g/mol. The molecule has 10 heteroatoms. The summed E-state index contributed by atoms with van der Waals surface area (Å²) in [5, 5.41) is 12.5. The van der Waals surface area contributed by atoms with E-state index in [4.69, 9.17) is 4.74 Å². The molecule has 2 aromatic carbocycles. The van der Waals surface area contributed by atoms with Crippen LogP contribution in [0.25, 0.3) is 21.8 Å². The molecule has 0 amide bonds. The van der Waals surface area contributed by atoms with E-state index < -0.39 is 34.7 Å². The molecule has 1 N–H and O–H groups in total. The third-order valence-electron chi connectivity index (χ3n) is 5.01. The summed E-state index contributed by atoms with van der Waals surface area (Å²) in [5.41, 5.74) is -3.96. The van der Waals surface area contributed by atoms with E-state index >= 15 is 0 Å². The number of sulfonamides is 1. The van der Waals surface area contributed by atoms with Crippen molar-refractivity contribution in [1.82, 2.24) is 8.87 Å². The van der Waals surface area contributed by atoms with E-state index in [2.05, 4.69) is 6.58 Å². The van der Waals surface area contributed by atoms with Crippen molar-refractivity contribution in [2.75, 3.05) is 13.1 Å². The zero-order valence-electron chi connectivity index (χ0n) is 17.3. The van der Waals surface area contributed by atoms with Crippen molar-refractivity contribution in [3.63, 3.8) is 0 Å². The second-order valence-corrected chi connectivity index (χ2v) is 9.01. The Hall–Kier alpha value is -2.82. The molecule has 1 heterocycles. The average Bonchev–Trinajstić information content (AvgIpc) is 3.06. The van der Waals surface area contributed by atoms with E-state index in [0.717, 1.165) is 28.1 Å². The van der Waals surface area contributed by atoms with E-state index in [-0.39, 0.29) is 16.6 Å². The largest absolute Gasteiger partial charge is 0.511 e. The first-order valence-corrected chi connectivity index (χ1v) is 11.2. The molecule has 3 aromatic rings.